The number of carbonyl (C=O) groups excluding carboxylic acids is 1. The Bertz CT molecular complexity index is 550. The monoisotopic (exact) mass is 371 g/mol. The van der Waals surface area contributed by atoms with Crippen LogP contribution in [-0.4, -0.2) is 39.3 Å². The Labute approximate surface area is 124 Å². The number of thiophene rings is 1. The number of halogens is 1. The highest BCUT2D eigenvalue weighted by atomic mass is 79.9. The van der Waals surface area contributed by atoms with E-state index in [0.29, 0.717) is 10.2 Å². The third-order valence-corrected chi connectivity index (χ3v) is 6.12. The van der Waals surface area contributed by atoms with Crippen molar-refractivity contribution in [3.63, 3.8) is 0 Å². The molecule has 9 heteroatoms. The van der Waals surface area contributed by atoms with Crippen molar-refractivity contribution < 1.29 is 23.1 Å². The molecular formula is C10H14BrNO5S2. The molecule has 1 aromatic heterocycles. The van der Waals surface area contributed by atoms with Gasteiger partial charge in [-0.2, -0.15) is 0 Å². The first-order chi connectivity index (χ1) is 8.85. The van der Waals surface area contributed by atoms with E-state index in [1.807, 2.05) is 0 Å². The van der Waals surface area contributed by atoms with Gasteiger partial charge in [0.05, 0.1) is 17.5 Å². The Hall–Kier alpha value is -0.480. The van der Waals surface area contributed by atoms with Gasteiger partial charge in [0.2, 0.25) is 10.0 Å². The van der Waals surface area contributed by atoms with Crippen LogP contribution in [0.3, 0.4) is 0 Å². The summed E-state index contributed by atoms with van der Waals surface area (Å²) in [6.07, 6.45) is 0.460. The second-order valence-corrected chi connectivity index (χ2v) is 7.70. The van der Waals surface area contributed by atoms with Crippen LogP contribution in [0.25, 0.3) is 0 Å². The normalized spacial score (nSPS) is 13.3. The zero-order chi connectivity index (χ0) is 14.6. The molecule has 0 bridgehead atoms. The molecule has 1 rings (SSSR count). The molecule has 1 aromatic rings. The zero-order valence-electron chi connectivity index (χ0n) is 10.3. The highest BCUT2D eigenvalue weighted by Crippen LogP contribution is 2.32. The number of hydrogen-bond acceptors (Lipinski definition) is 6. The Morgan fingerprint density at radius 1 is 1.63 bits per heavy atom. The van der Waals surface area contributed by atoms with E-state index in [4.69, 9.17) is 5.11 Å². The first-order valence-corrected chi connectivity index (χ1v) is 8.45. The van der Waals surface area contributed by atoms with Crippen LogP contribution in [0.4, 0.5) is 0 Å². The van der Waals surface area contributed by atoms with Crippen molar-refractivity contribution in [2.45, 2.75) is 24.3 Å². The molecule has 0 saturated heterocycles. The number of hydrogen-bond donors (Lipinski definition) is 2. The summed E-state index contributed by atoms with van der Waals surface area (Å²) in [4.78, 5) is 11.5. The molecule has 0 aromatic carbocycles. The van der Waals surface area contributed by atoms with Gasteiger partial charge in [0.25, 0.3) is 0 Å². The number of nitrogens with one attached hydrogen (secondary N) is 1. The van der Waals surface area contributed by atoms with Gasteiger partial charge >= 0.3 is 5.97 Å². The van der Waals surface area contributed by atoms with Crippen LogP contribution < -0.4 is 4.72 Å². The van der Waals surface area contributed by atoms with Gasteiger partial charge < -0.3 is 9.84 Å². The second-order valence-electron chi connectivity index (χ2n) is 3.65. The Balaban J connectivity index is 3.08. The van der Waals surface area contributed by atoms with E-state index in [2.05, 4.69) is 25.4 Å². The maximum absolute atomic E-state index is 12.1. The molecular weight excluding hydrogens is 358 g/mol. The lowest BCUT2D eigenvalue weighted by atomic mass is 10.3. The number of carbonyl (C=O) groups is 1. The maximum Gasteiger partial charge on any atom is 0.348 e. The molecule has 0 amide bonds. The average molecular weight is 372 g/mol. The van der Waals surface area contributed by atoms with Crippen LogP contribution >= 0.6 is 27.3 Å². The molecule has 1 unspecified atom stereocenters. The predicted octanol–water partition coefficient (Wildman–Crippen LogP) is 1.35. The summed E-state index contributed by atoms with van der Waals surface area (Å²) in [5, 5.41) is 9.03. The number of esters is 1. The van der Waals surface area contributed by atoms with Crippen LogP contribution in [0.15, 0.2) is 14.7 Å². The predicted molar refractivity (Wildman–Crippen MR) is 74.8 cm³/mol. The number of methoxy groups -OCH3 is 1. The topological polar surface area (TPSA) is 92.7 Å². The van der Waals surface area contributed by atoms with Gasteiger partial charge in [-0.1, -0.05) is 6.92 Å². The number of aliphatic hydroxyl groups is 1. The first kappa shape index (κ1) is 16.6. The Kier molecular flexibility index (Phi) is 5.93. The molecule has 0 fully saturated rings. The van der Waals surface area contributed by atoms with Crippen molar-refractivity contribution in [2.24, 2.45) is 0 Å². The second kappa shape index (κ2) is 6.80. The number of aliphatic hydroxyl groups excluding tert-OH is 1. The fourth-order valence-corrected chi connectivity index (χ4v) is 5.06. The van der Waals surface area contributed by atoms with Crippen molar-refractivity contribution in [3.05, 3.63) is 14.7 Å². The van der Waals surface area contributed by atoms with Crippen LogP contribution in [0.2, 0.25) is 0 Å². The molecule has 1 atom stereocenters. The lowest BCUT2D eigenvalue weighted by Crippen LogP contribution is -2.36. The van der Waals surface area contributed by atoms with E-state index in [-0.39, 0.29) is 16.4 Å². The molecule has 0 aliphatic rings. The summed E-state index contributed by atoms with van der Waals surface area (Å²) in [5.41, 5.74) is 0. The lowest BCUT2D eigenvalue weighted by molar-refractivity contribution is 0.0606. The molecule has 2 N–H and O–H groups in total. The smallest absolute Gasteiger partial charge is 0.348 e. The quantitative estimate of drug-likeness (QED) is 0.736. The summed E-state index contributed by atoms with van der Waals surface area (Å²) in [6, 6.07) is 0.686. The third-order valence-electron chi connectivity index (χ3n) is 2.37. The van der Waals surface area contributed by atoms with Crippen molar-refractivity contribution >= 4 is 43.3 Å². The minimum atomic E-state index is -3.79. The fraction of sp³-hybridized carbons (Fsp3) is 0.500. The minimum Gasteiger partial charge on any atom is -0.465 e. The molecule has 6 nitrogen and oxygen atoms in total. The first-order valence-electron chi connectivity index (χ1n) is 5.36. The van der Waals surface area contributed by atoms with Crippen LogP contribution in [0.5, 0.6) is 0 Å². The van der Waals surface area contributed by atoms with E-state index in [1.165, 1.54) is 13.2 Å². The molecule has 0 radical (unpaired) electrons. The third kappa shape index (κ3) is 3.99. The van der Waals surface area contributed by atoms with Crippen LogP contribution in [-0.2, 0) is 14.8 Å². The molecule has 0 aliphatic carbocycles. The fourth-order valence-electron chi connectivity index (χ4n) is 1.27. The highest BCUT2D eigenvalue weighted by Gasteiger charge is 2.25. The van der Waals surface area contributed by atoms with Crippen LogP contribution in [0, 0.1) is 0 Å². The van der Waals surface area contributed by atoms with Crippen molar-refractivity contribution in [1.29, 1.82) is 0 Å². The SMILES string of the molecule is CCC(CO)NS(=O)(=O)c1cc(C(=O)OC)sc1Br. The van der Waals surface area contributed by atoms with Gasteiger partial charge in [-0.3, -0.25) is 0 Å². The van der Waals surface area contributed by atoms with Crippen molar-refractivity contribution in [3.8, 4) is 0 Å². The van der Waals surface area contributed by atoms with Crippen molar-refractivity contribution in [2.75, 3.05) is 13.7 Å². The van der Waals surface area contributed by atoms with Gasteiger partial charge in [0, 0.05) is 6.04 Å². The van der Waals surface area contributed by atoms with Gasteiger partial charge in [0.1, 0.15) is 9.77 Å². The Morgan fingerprint density at radius 3 is 2.74 bits per heavy atom. The van der Waals surface area contributed by atoms with E-state index in [1.54, 1.807) is 6.92 Å². The van der Waals surface area contributed by atoms with Crippen molar-refractivity contribution in [1.82, 2.24) is 4.72 Å². The van der Waals surface area contributed by atoms with Crippen LogP contribution in [0.1, 0.15) is 23.0 Å². The molecule has 0 aliphatic heterocycles. The Morgan fingerprint density at radius 2 is 2.26 bits per heavy atom. The maximum atomic E-state index is 12.1. The summed E-state index contributed by atoms with van der Waals surface area (Å²) < 4.78 is 31.4. The minimum absolute atomic E-state index is 0.0372. The summed E-state index contributed by atoms with van der Waals surface area (Å²) >= 11 is 4.09. The number of ether oxygens (including phenoxy) is 1. The van der Waals surface area contributed by atoms with Gasteiger partial charge in [-0.25, -0.2) is 17.9 Å². The molecule has 108 valence electrons. The number of sulfonamides is 1. The molecule has 19 heavy (non-hydrogen) atoms. The van der Waals surface area contributed by atoms with Gasteiger partial charge in [0.15, 0.2) is 0 Å². The molecule has 1 heterocycles. The van der Waals surface area contributed by atoms with Gasteiger partial charge in [-0.05, 0) is 28.4 Å². The summed E-state index contributed by atoms with van der Waals surface area (Å²) in [7, 11) is -2.57. The van der Waals surface area contributed by atoms with E-state index >= 15 is 0 Å². The number of rotatable bonds is 6. The average Bonchev–Trinajstić information content (AvgIpc) is 2.78. The largest absolute Gasteiger partial charge is 0.465 e. The zero-order valence-corrected chi connectivity index (χ0v) is 13.6. The van der Waals surface area contributed by atoms with E-state index in [0.717, 1.165) is 11.3 Å². The van der Waals surface area contributed by atoms with E-state index < -0.39 is 22.0 Å². The van der Waals surface area contributed by atoms with E-state index in [9.17, 15) is 13.2 Å². The molecule has 0 spiro atoms. The molecule has 0 saturated carbocycles. The highest BCUT2D eigenvalue weighted by molar-refractivity contribution is 9.11. The summed E-state index contributed by atoms with van der Waals surface area (Å²) in [6.45, 7) is 1.47. The summed E-state index contributed by atoms with van der Waals surface area (Å²) in [5.74, 6) is -0.596. The lowest BCUT2D eigenvalue weighted by Gasteiger charge is -2.13. The standard InChI is InChI=1S/C10H14BrNO5S2/c1-3-6(5-13)12-19(15,16)8-4-7(10(14)17-2)18-9(8)11/h4,6,12-13H,3,5H2,1-2H3. The van der Waals surface area contributed by atoms with Gasteiger partial charge in [-0.15, -0.1) is 11.3 Å².